The second kappa shape index (κ2) is 5.27. The highest BCUT2D eigenvalue weighted by Gasteiger charge is 2.21. The number of carbonyl (C=O) groups is 1. The number of anilines is 1. The number of aryl methyl sites for hydroxylation is 1. The molecule has 0 aliphatic carbocycles. The largest absolute Gasteiger partial charge is 0.306 e. The van der Waals surface area contributed by atoms with Crippen LogP contribution in [0.25, 0.3) is 10.2 Å². The number of fused-ring (bicyclic) bond motifs is 1. The quantitative estimate of drug-likeness (QED) is 0.886. The molecule has 19 heavy (non-hydrogen) atoms. The summed E-state index contributed by atoms with van der Waals surface area (Å²) in [7, 11) is 0. The Morgan fingerprint density at radius 3 is 3.16 bits per heavy atom. The van der Waals surface area contributed by atoms with E-state index in [4.69, 9.17) is 0 Å². The van der Waals surface area contributed by atoms with E-state index in [9.17, 15) is 4.79 Å². The first kappa shape index (κ1) is 12.6. The Balaban J connectivity index is 1.75. The Morgan fingerprint density at radius 1 is 1.47 bits per heavy atom. The van der Waals surface area contributed by atoms with Gasteiger partial charge in [-0.05, 0) is 44.0 Å². The third kappa shape index (κ3) is 2.77. The summed E-state index contributed by atoms with van der Waals surface area (Å²) in [6.07, 6.45) is 3.18. The Morgan fingerprint density at radius 2 is 2.37 bits per heavy atom. The van der Waals surface area contributed by atoms with Gasteiger partial charge in [0.05, 0.1) is 16.3 Å². The third-order valence-corrected chi connectivity index (χ3v) is 4.33. The van der Waals surface area contributed by atoms with E-state index < -0.39 is 0 Å². The fraction of sp³-hybridized carbons (Fsp3) is 0.429. The molecule has 1 aliphatic heterocycles. The van der Waals surface area contributed by atoms with Crippen LogP contribution in [-0.4, -0.2) is 23.5 Å². The number of hydrogen-bond acceptors (Lipinski definition) is 4. The zero-order valence-electron chi connectivity index (χ0n) is 10.9. The van der Waals surface area contributed by atoms with Gasteiger partial charge in [0.1, 0.15) is 0 Å². The molecule has 1 aromatic heterocycles. The molecule has 2 heterocycles. The van der Waals surface area contributed by atoms with Crippen molar-refractivity contribution in [3.63, 3.8) is 0 Å². The molecular weight excluding hydrogens is 258 g/mol. The number of nitrogens with one attached hydrogen (secondary N) is 2. The topological polar surface area (TPSA) is 54.0 Å². The first-order valence-corrected chi connectivity index (χ1v) is 7.45. The molecule has 0 spiro atoms. The van der Waals surface area contributed by atoms with E-state index in [2.05, 4.69) is 28.6 Å². The van der Waals surface area contributed by atoms with Crippen molar-refractivity contribution in [2.24, 2.45) is 0 Å². The molecule has 0 unspecified atom stereocenters. The summed E-state index contributed by atoms with van der Waals surface area (Å²) >= 11 is 1.53. The maximum Gasteiger partial charge on any atom is 0.243 e. The molecule has 1 amide bonds. The van der Waals surface area contributed by atoms with Crippen molar-refractivity contribution in [2.45, 2.75) is 32.2 Å². The number of hydrogen-bond donors (Lipinski definition) is 2. The van der Waals surface area contributed by atoms with Gasteiger partial charge in [-0.1, -0.05) is 23.8 Å². The number of piperidine rings is 1. The van der Waals surface area contributed by atoms with Gasteiger partial charge in [-0.3, -0.25) is 4.79 Å². The highest BCUT2D eigenvalue weighted by atomic mass is 32.1. The van der Waals surface area contributed by atoms with Crippen molar-refractivity contribution in [2.75, 3.05) is 11.9 Å². The minimum Gasteiger partial charge on any atom is -0.306 e. The van der Waals surface area contributed by atoms with Crippen LogP contribution in [-0.2, 0) is 4.79 Å². The predicted octanol–water partition coefficient (Wildman–Crippen LogP) is 2.69. The molecular formula is C14H17N3OS. The smallest absolute Gasteiger partial charge is 0.243 e. The van der Waals surface area contributed by atoms with E-state index >= 15 is 0 Å². The Kier molecular flexibility index (Phi) is 3.48. The van der Waals surface area contributed by atoms with Crippen LogP contribution >= 0.6 is 11.3 Å². The standard InChI is InChI=1S/C14H17N3OS/c1-9-5-6-10-12(8-9)19-14(16-10)17-13(18)11-4-2-3-7-15-11/h5-6,8,11,15H,2-4,7H2,1H3,(H,16,17,18)/t11-/m1/s1. The lowest BCUT2D eigenvalue weighted by Crippen LogP contribution is -2.43. The van der Waals surface area contributed by atoms with Gasteiger partial charge < -0.3 is 10.6 Å². The summed E-state index contributed by atoms with van der Waals surface area (Å²) in [5.74, 6) is 0.0375. The number of thiazole rings is 1. The number of amides is 1. The number of aromatic nitrogens is 1. The molecule has 1 aliphatic rings. The van der Waals surface area contributed by atoms with E-state index in [1.54, 1.807) is 0 Å². The molecule has 3 rings (SSSR count). The van der Waals surface area contributed by atoms with Crippen LogP contribution in [0.5, 0.6) is 0 Å². The summed E-state index contributed by atoms with van der Waals surface area (Å²) in [6.45, 7) is 2.99. The number of carbonyl (C=O) groups excluding carboxylic acids is 1. The molecule has 5 heteroatoms. The first-order valence-electron chi connectivity index (χ1n) is 6.64. The molecule has 2 aromatic rings. The molecule has 0 saturated carbocycles. The van der Waals surface area contributed by atoms with Crippen LogP contribution in [0.3, 0.4) is 0 Å². The van der Waals surface area contributed by atoms with Gasteiger partial charge in [0.25, 0.3) is 0 Å². The van der Waals surface area contributed by atoms with E-state index in [1.807, 2.05) is 12.1 Å². The predicted molar refractivity (Wildman–Crippen MR) is 78.6 cm³/mol. The van der Waals surface area contributed by atoms with Gasteiger partial charge in [-0.15, -0.1) is 0 Å². The molecule has 1 atom stereocenters. The minimum absolute atomic E-state index is 0.0375. The molecule has 4 nitrogen and oxygen atoms in total. The average molecular weight is 275 g/mol. The second-order valence-electron chi connectivity index (χ2n) is 4.98. The van der Waals surface area contributed by atoms with E-state index in [0.717, 1.165) is 36.0 Å². The zero-order chi connectivity index (χ0) is 13.2. The number of nitrogens with zero attached hydrogens (tertiary/aromatic N) is 1. The van der Waals surface area contributed by atoms with Crippen LogP contribution in [0, 0.1) is 6.92 Å². The summed E-state index contributed by atoms with van der Waals surface area (Å²) < 4.78 is 1.12. The molecule has 2 N–H and O–H groups in total. The minimum atomic E-state index is -0.0671. The third-order valence-electron chi connectivity index (χ3n) is 3.40. The van der Waals surface area contributed by atoms with Crippen LogP contribution in [0.1, 0.15) is 24.8 Å². The zero-order valence-corrected chi connectivity index (χ0v) is 11.7. The fourth-order valence-corrected chi connectivity index (χ4v) is 3.32. The highest BCUT2D eigenvalue weighted by molar-refractivity contribution is 7.22. The molecule has 0 bridgehead atoms. The fourth-order valence-electron chi connectivity index (χ4n) is 2.35. The van der Waals surface area contributed by atoms with E-state index in [-0.39, 0.29) is 11.9 Å². The van der Waals surface area contributed by atoms with Crippen molar-refractivity contribution in [3.05, 3.63) is 23.8 Å². The van der Waals surface area contributed by atoms with Gasteiger partial charge in [-0.2, -0.15) is 0 Å². The van der Waals surface area contributed by atoms with Gasteiger partial charge in [-0.25, -0.2) is 4.98 Å². The summed E-state index contributed by atoms with van der Waals surface area (Å²) in [5, 5.41) is 6.87. The summed E-state index contributed by atoms with van der Waals surface area (Å²) in [5.41, 5.74) is 2.16. The number of benzene rings is 1. The molecule has 1 fully saturated rings. The Bertz CT molecular complexity index is 602. The van der Waals surface area contributed by atoms with Gasteiger partial charge >= 0.3 is 0 Å². The van der Waals surface area contributed by atoms with Crippen LogP contribution in [0.4, 0.5) is 5.13 Å². The van der Waals surface area contributed by atoms with Crippen molar-refractivity contribution in [1.29, 1.82) is 0 Å². The lowest BCUT2D eigenvalue weighted by atomic mass is 10.0. The maximum absolute atomic E-state index is 12.1. The lowest BCUT2D eigenvalue weighted by Gasteiger charge is -2.21. The van der Waals surface area contributed by atoms with Crippen LogP contribution < -0.4 is 10.6 Å². The normalized spacial score (nSPS) is 19.5. The van der Waals surface area contributed by atoms with Crippen molar-refractivity contribution < 1.29 is 4.79 Å². The van der Waals surface area contributed by atoms with Crippen LogP contribution in [0.2, 0.25) is 0 Å². The van der Waals surface area contributed by atoms with Gasteiger partial charge in [0, 0.05) is 0 Å². The van der Waals surface area contributed by atoms with E-state index in [0.29, 0.717) is 5.13 Å². The lowest BCUT2D eigenvalue weighted by molar-refractivity contribution is -0.118. The number of rotatable bonds is 2. The average Bonchev–Trinajstić information content (AvgIpc) is 2.81. The van der Waals surface area contributed by atoms with Crippen molar-refractivity contribution in [3.8, 4) is 0 Å². The summed E-state index contributed by atoms with van der Waals surface area (Å²) in [4.78, 5) is 16.6. The Labute approximate surface area is 116 Å². The monoisotopic (exact) mass is 275 g/mol. The van der Waals surface area contributed by atoms with Crippen LogP contribution in [0.15, 0.2) is 18.2 Å². The van der Waals surface area contributed by atoms with E-state index in [1.165, 1.54) is 16.9 Å². The maximum atomic E-state index is 12.1. The second-order valence-corrected chi connectivity index (χ2v) is 6.01. The molecule has 1 saturated heterocycles. The van der Waals surface area contributed by atoms with Crippen molar-refractivity contribution in [1.82, 2.24) is 10.3 Å². The first-order chi connectivity index (χ1) is 9.22. The highest BCUT2D eigenvalue weighted by Crippen LogP contribution is 2.26. The SMILES string of the molecule is Cc1ccc2nc(NC(=O)[C@H]3CCCCN3)sc2c1. The van der Waals surface area contributed by atoms with Gasteiger partial charge in [0.2, 0.25) is 5.91 Å². The molecule has 1 aromatic carbocycles. The molecule has 0 radical (unpaired) electrons. The summed E-state index contributed by atoms with van der Waals surface area (Å²) in [6, 6.07) is 6.07. The van der Waals surface area contributed by atoms with Gasteiger partial charge in [0.15, 0.2) is 5.13 Å². The van der Waals surface area contributed by atoms with Crippen molar-refractivity contribution >= 4 is 32.6 Å². The Hall–Kier alpha value is -1.46. The molecule has 100 valence electrons.